The van der Waals surface area contributed by atoms with E-state index in [1.54, 1.807) is 0 Å². The lowest BCUT2D eigenvalue weighted by molar-refractivity contribution is 0.104. The fourth-order valence-electron chi connectivity index (χ4n) is 4.41. The lowest BCUT2D eigenvalue weighted by Crippen LogP contribution is -2.32. The minimum Gasteiger partial charge on any atom is -0.508 e. The molecule has 120 valence electrons. The van der Waals surface area contributed by atoms with Crippen molar-refractivity contribution in [1.82, 2.24) is 0 Å². The molecule has 0 aromatic heterocycles. The van der Waals surface area contributed by atoms with E-state index in [4.69, 9.17) is 4.74 Å². The largest absolute Gasteiger partial charge is 0.508 e. The van der Waals surface area contributed by atoms with Crippen LogP contribution in [0.1, 0.15) is 48.3 Å². The van der Waals surface area contributed by atoms with Gasteiger partial charge in [-0.2, -0.15) is 0 Å². The molecular formula is C21H24O2. The van der Waals surface area contributed by atoms with Crippen molar-refractivity contribution >= 4 is 0 Å². The highest BCUT2D eigenvalue weighted by molar-refractivity contribution is 5.39. The van der Waals surface area contributed by atoms with Crippen molar-refractivity contribution in [3.63, 3.8) is 0 Å². The van der Waals surface area contributed by atoms with Gasteiger partial charge in [0, 0.05) is 5.92 Å². The number of aryl methyl sites for hydroxylation is 2. The summed E-state index contributed by atoms with van der Waals surface area (Å²) < 4.78 is 6.40. The van der Waals surface area contributed by atoms with Crippen LogP contribution >= 0.6 is 0 Å². The van der Waals surface area contributed by atoms with E-state index in [1.807, 2.05) is 12.1 Å². The summed E-state index contributed by atoms with van der Waals surface area (Å²) in [5, 5.41) is 9.52. The van der Waals surface area contributed by atoms with Gasteiger partial charge in [0.05, 0.1) is 0 Å². The predicted molar refractivity (Wildman–Crippen MR) is 92.1 cm³/mol. The molecule has 0 spiro atoms. The van der Waals surface area contributed by atoms with Crippen LogP contribution in [0.2, 0.25) is 0 Å². The molecular weight excluding hydrogens is 284 g/mol. The second kappa shape index (κ2) is 5.92. The van der Waals surface area contributed by atoms with Crippen LogP contribution in [-0.2, 0) is 6.42 Å². The zero-order valence-electron chi connectivity index (χ0n) is 13.7. The number of phenols is 1. The van der Waals surface area contributed by atoms with Gasteiger partial charge in [-0.15, -0.1) is 0 Å². The van der Waals surface area contributed by atoms with Gasteiger partial charge >= 0.3 is 0 Å². The van der Waals surface area contributed by atoms with Crippen molar-refractivity contribution in [3.05, 3.63) is 59.2 Å². The molecule has 2 aromatic carbocycles. The summed E-state index contributed by atoms with van der Waals surface area (Å²) in [6, 6.07) is 14.3. The molecule has 2 aliphatic rings. The van der Waals surface area contributed by atoms with Crippen LogP contribution in [0.5, 0.6) is 11.5 Å². The number of hydrogen-bond acceptors (Lipinski definition) is 2. The van der Waals surface area contributed by atoms with Gasteiger partial charge in [-0.05, 0) is 67.9 Å². The summed E-state index contributed by atoms with van der Waals surface area (Å²) in [6.07, 6.45) is 6.33. The Kier molecular flexibility index (Phi) is 3.76. The van der Waals surface area contributed by atoms with Crippen molar-refractivity contribution < 1.29 is 9.84 Å². The molecule has 2 unspecified atom stereocenters. The number of fused-ring (bicyclic) bond motifs is 1. The highest BCUT2D eigenvalue weighted by atomic mass is 16.5. The van der Waals surface area contributed by atoms with Gasteiger partial charge in [0.2, 0.25) is 0 Å². The summed E-state index contributed by atoms with van der Waals surface area (Å²) in [6.45, 7) is 2.14. The van der Waals surface area contributed by atoms with Crippen LogP contribution in [0.15, 0.2) is 42.5 Å². The number of aromatic hydroxyl groups is 1. The van der Waals surface area contributed by atoms with E-state index in [2.05, 4.69) is 37.3 Å². The van der Waals surface area contributed by atoms with Crippen molar-refractivity contribution in [3.8, 4) is 11.5 Å². The molecule has 1 heterocycles. The molecule has 23 heavy (non-hydrogen) atoms. The second-order valence-corrected chi connectivity index (χ2v) is 7.10. The summed E-state index contributed by atoms with van der Waals surface area (Å²) in [4.78, 5) is 0. The first-order valence-corrected chi connectivity index (χ1v) is 8.76. The standard InChI is InChI=1S/C21H24O2/c1-14-5-11-20-16(13-14)8-12-21(23-20)19-4-2-3-18(19)15-6-9-17(22)10-7-15/h5-7,9-11,13,18-19,21-22H,2-4,8,12H2,1H3/t18?,19?,21-/m0/s1. The normalized spacial score (nSPS) is 26.6. The van der Waals surface area contributed by atoms with Crippen molar-refractivity contribution in [2.24, 2.45) is 5.92 Å². The van der Waals surface area contributed by atoms with Gasteiger partial charge in [-0.3, -0.25) is 0 Å². The van der Waals surface area contributed by atoms with Crippen molar-refractivity contribution in [2.75, 3.05) is 0 Å². The molecule has 1 aliphatic heterocycles. The highest BCUT2D eigenvalue weighted by Crippen LogP contribution is 2.45. The number of benzene rings is 2. The van der Waals surface area contributed by atoms with Crippen LogP contribution in [0, 0.1) is 12.8 Å². The Hall–Kier alpha value is -1.96. The Balaban J connectivity index is 1.55. The average molecular weight is 308 g/mol. The van der Waals surface area contributed by atoms with Crippen molar-refractivity contribution in [2.45, 2.75) is 51.0 Å². The number of rotatable bonds is 2. The Morgan fingerprint density at radius 3 is 2.65 bits per heavy atom. The number of phenolic OH excluding ortho intramolecular Hbond substituents is 1. The minimum atomic E-state index is 0.325. The van der Waals surface area contributed by atoms with E-state index in [-0.39, 0.29) is 0 Å². The molecule has 0 bridgehead atoms. The summed E-state index contributed by atoms with van der Waals surface area (Å²) in [5.74, 6) is 2.59. The Morgan fingerprint density at radius 1 is 1.00 bits per heavy atom. The van der Waals surface area contributed by atoms with Gasteiger partial charge in [0.1, 0.15) is 17.6 Å². The first-order valence-electron chi connectivity index (χ1n) is 8.76. The van der Waals surface area contributed by atoms with Crippen LogP contribution in [0.4, 0.5) is 0 Å². The lowest BCUT2D eigenvalue weighted by atomic mass is 9.82. The molecule has 0 amide bonds. The molecule has 1 fully saturated rings. The molecule has 2 nitrogen and oxygen atoms in total. The van der Waals surface area contributed by atoms with Gasteiger partial charge < -0.3 is 9.84 Å². The topological polar surface area (TPSA) is 29.5 Å². The maximum atomic E-state index is 9.52. The maximum Gasteiger partial charge on any atom is 0.122 e. The zero-order valence-corrected chi connectivity index (χ0v) is 13.7. The van der Waals surface area contributed by atoms with Crippen LogP contribution < -0.4 is 4.74 Å². The smallest absolute Gasteiger partial charge is 0.122 e. The van der Waals surface area contributed by atoms with E-state index in [0.29, 0.717) is 23.7 Å². The van der Waals surface area contributed by atoms with Crippen LogP contribution in [0.3, 0.4) is 0 Å². The van der Waals surface area contributed by atoms with Crippen LogP contribution in [0.25, 0.3) is 0 Å². The van der Waals surface area contributed by atoms with E-state index in [0.717, 1.165) is 18.6 Å². The number of hydrogen-bond donors (Lipinski definition) is 1. The molecule has 1 aliphatic carbocycles. The first kappa shape index (κ1) is 14.6. The fourth-order valence-corrected chi connectivity index (χ4v) is 4.41. The Labute approximate surface area is 138 Å². The van der Waals surface area contributed by atoms with E-state index >= 15 is 0 Å². The van der Waals surface area contributed by atoms with E-state index in [9.17, 15) is 5.11 Å². The zero-order chi connectivity index (χ0) is 15.8. The summed E-state index contributed by atoms with van der Waals surface area (Å²) >= 11 is 0. The highest BCUT2D eigenvalue weighted by Gasteiger charge is 2.37. The van der Waals surface area contributed by atoms with Gasteiger partial charge in [0.25, 0.3) is 0 Å². The third-order valence-electron chi connectivity index (χ3n) is 5.56. The predicted octanol–water partition coefficient (Wildman–Crippen LogP) is 4.98. The molecule has 3 atom stereocenters. The second-order valence-electron chi connectivity index (χ2n) is 7.10. The van der Waals surface area contributed by atoms with Crippen LogP contribution in [-0.4, -0.2) is 11.2 Å². The fraction of sp³-hybridized carbons (Fsp3) is 0.429. The number of ether oxygens (including phenoxy) is 1. The lowest BCUT2D eigenvalue weighted by Gasteiger charge is -2.33. The maximum absolute atomic E-state index is 9.52. The van der Waals surface area contributed by atoms with Gasteiger partial charge in [-0.1, -0.05) is 36.2 Å². The van der Waals surface area contributed by atoms with Gasteiger partial charge in [-0.25, -0.2) is 0 Å². The van der Waals surface area contributed by atoms with Gasteiger partial charge in [0.15, 0.2) is 0 Å². The third-order valence-corrected chi connectivity index (χ3v) is 5.56. The molecule has 2 heteroatoms. The average Bonchev–Trinajstić information content (AvgIpc) is 3.04. The molecule has 4 rings (SSSR count). The summed E-state index contributed by atoms with van der Waals surface area (Å²) in [5.41, 5.74) is 4.03. The Morgan fingerprint density at radius 2 is 1.83 bits per heavy atom. The summed E-state index contributed by atoms with van der Waals surface area (Å²) in [7, 11) is 0. The van der Waals surface area contributed by atoms with Crippen molar-refractivity contribution in [1.29, 1.82) is 0 Å². The minimum absolute atomic E-state index is 0.325. The quantitative estimate of drug-likeness (QED) is 0.848. The molecule has 2 aromatic rings. The molecule has 1 N–H and O–H groups in total. The third kappa shape index (κ3) is 2.83. The monoisotopic (exact) mass is 308 g/mol. The molecule has 0 saturated heterocycles. The Bertz CT molecular complexity index is 689. The van der Waals surface area contributed by atoms with E-state index < -0.39 is 0 Å². The first-order chi connectivity index (χ1) is 11.2. The molecule has 1 saturated carbocycles. The van der Waals surface area contributed by atoms with E-state index in [1.165, 1.54) is 36.0 Å². The SMILES string of the molecule is Cc1ccc2c(c1)CC[C@@H](C1CCCC1c1ccc(O)cc1)O2. The molecule has 0 radical (unpaired) electrons.